The summed E-state index contributed by atoms with van der Waals surface area (Å²) in [6.07, 6.45) is 3.65. The SMILES string of the molecule is C=CCSc1nc2c(c(=O)[nH]1)[C@@H](c1cc(OC)c(OC)c(OC)c1)C1=C(CCCC1=O)N2. The van der Waals surface area contributed by atoms with Crippen molar-refractivity contribution in [3.05, 3.63) is 57.5 Å². The van der Waals surface area contributed by atoms with Gasteiger partial charge < -0.3 is 24.5 Å². The number of H-pyrrole nitrogens is 1. The Morgan fingerprint density at radius 3 is 2.50 bits per heavy atom. The number of nitrogens with zero attached hydrogens (tertiary/aromatic N) is 1. The van der Waals surface area contributed by atoms with E-state index >= 15 is 0 Å². The van der Waals surface area contributed by atoms with Crippen LogP contribution >= 0.6 is 11.8 Å². The predicted octanol–water partition coefficient (Wildman–Crippen LogP) is 3.64. The molecule has 0 saturated heterocycles. The first kappa shape index (κ1) is 22.0. The molecule has 1 atom stereocenters. The van der Waals surface area contributed by atoms with Crippen LogP contribution < -0.4 is 25.1 Å². The molecule has 0 saturated carbocycles. The molecule has 0 radical (unpaired) electrons. The minimum Gasteiger partial charge on any atom is -0.493 e. The third-order valence-electron chi connectivity index (χ3n) is 5.59. The number of aromatic nitrogens is 2. The summed E-state index contributed by atoms with van der Waals surface area (Å²) in [6, 6.07) is 3.57. The zero-order valence-electron chi connectivity index (χ0n) is 18.2. The van der Waals surface area contributed by atoms with E-state index in [-0.39, 0.29) is 11.3 Å². The van der Waals surface area contributed by atoms with Crippen molar-refractivity contribution in [3.8, 4) is 17.2 Å². The highest BCUT2D eigenvalue weighted by molar-refractivity contribution is 7.99. The number of carbonyl (C=O) groups excluding carboxylic acids is 1. The van der Waals surface area contributed by atoms with E-state index in [4.69, 9.17) is 14.2 Å². The van der Waals surface area contributed by atoms with Crippen LogP contribution in [0, 0.1) is 0 Å². The van der Waals surface area contributed by atoms with Crippen molar-refractivity contribution >= 4 is 23.4 Å². The third kappa shape index (κ3) is 3.77. The Bertz CT molecular complexity index is 1150. The van der Waals surface area contributed by atoms with Crippen LogP contribution in [0.2, 0.25) is 0 Å². The second kappa shape index (κ2) is 9.12. The highest BCUT2D eigenvalue weighted by Gasteiger charge is 2.38. The number of benzene rings is 1. The lowest BCUT2D eigenvalue weighted by molar-refractivity contribution is -0.116. The van der Waals surface area contributed by atoms with Gasteiger partial charge in [-0.3, -0.25) is 9.59 Å². The lowest BCUT2D eigenvalue weighted by Gasteiger charge is -2.33. The van der Waals surface area contributed by atoms with E-state index < -0.39 is 5.92 Å². The Morgan fingerprint density at radius 2 is 1.88 bits per heavy atom. The first-order valence-electron chi connectivity index (χ1n) is 10.2. The van der Waals surface area contributed by atoms with Crippen LogP contribution in [0.1, 0.15) is 36.3 Å². The van der Waals surface area contributed by atoms with Crippen molar-refractivity contribution in [2.45, 2.75) is 30.3 Å². The number of fused-ring (bicyclic) bond motifs is 1. The van der Waals surface area contributed by atoms with E-state index in [0.717, 1.165) is 12.1 Å². The number of Topliss-reactive ketones (excluding diaryl/α,β-unsaturated/α-hetero) is 1. The van der Waals surface area contributed by atoms with Crippen molar-refractivity contribution in [2.24, 2.45) is 0 Å². The van der Waals surface area contributed by atoms with Gasteiger partial charge in [0.25, 0.3) is 5.56 Å². The van der Waals surface area contributed by atoms with Gasteiger partial charge >= 0.3 is 0 Å². The number of methoxy groups -OCH3 is 3. The number of nitrogens with one attached hydrogen (secondary N) is 2. The molecule has 0 bridgehead atoms. The molecule has 8 nitrogen and oxygen atoms in total. The van der Waals surface area contributed by atoms with Gasteiger partial charge in [-0.2, -0.15) is 0 Å². The van der Waals surface area contributed by atoms with Crippen LogP contribution in [0.15, 0.2) is 46.0 Å². The lowest BCUT2D eigenvalue weighted by atomic mass is 9.76. The fraction of sp³-hybridized carbons (Fsp3) is 0.348. The maximum absolute atomic E-state index is 13.2. The molecule has 1 aromatic carbocycles. The summed E-state index contributed by atoms with van der Waals surface area (Å²) in [6.45, 7) is 3.71. The summed E-state index contributed by atoms with van der Waals surface area (Å²) < 4.78 is 16.5. The van der Waals surface area contributed by atoms with Crippen LogP contribution in [-0.2, 0) is 4.79 Å². The highest BCUT2D eigenvalue weighted by Crippen LogP contribution is 2.47. The first-order valence-corrected chi connectivity index (χ1v) is 11.2. The molecule has 2 heterocycles. The largest absolute Gasteiger partial charge is 0.493 e. The molecular formula is C23H25N3O5S. The monoisotopic (exact) mass is 455 g/mol. The maximum atomic E-state index is 13.2. The van der Waals surface area contributed by atoms with E-state index in [9.17, 15) is 9.59 Å². The number of ether oxygens (including phenoxy) is 3. The van der Waals surface area contributed by atoms with Crippen molar-refractivity contribution in [3.63, 3.8) is 0 Å². The molecule has 1 aromatic heterocycles. The van der Waals surface area contributed by atoms with Gasteiger partial charge in [0.2, 0.25) is 5.75 Å². The Labute approximate surface area is 190 Å². The summed E-state index contributed by atoms with van der Waals surface area (Å²) in [5, 5.41) is 3.76. The van der Waals surface area contributed by atoms with E-state index in [1.807, 2.05) is 0 Å². The number of thioether (sulfide) groups is 1. The first-order chi connectivity index (χ1) is 15.5. The molecule has 4 rings (SSSR count). The van der Waals surface area contributed by atoms with E-state index in [1.54, 1.807) is 18.2 Å². The summed E-state index contributed by atoms with van der Waals surface area (Å²) >= 11 is 1.39. The molecule has 2 aromatic rings. The van der Waals surface area contributed by atoms with Gasteiger partial charge in [-0.1, -0.05) is 17.8 Å². The molecular weight excluding hydrogens is 430 g/mol. The fourth-order valence-corrected chi connectivity index (χ4v) is 4.84. The Kier molecular flexibility index (Phi) is 6.27. The Morgan fingerprint density at radius 1 is 1.16 bits per heavy atom. The number of rotatable bonds is 7. The number of anilines is 1. The van der Waals surface area contributed by atoms with Crippen LogP contribution in [-0.4, -0.2) is 42.8 Å². The molecule has 1 aliphatic heterocycles. The number of hydrogen-bond acceptors (Lipinski definition) is 8. The predicted molar refractivity (Wildman–Crippen MR) is 123 cm³/mol. The van der Waals surface area contributed by atoms with Gasteiger partial charge in [-0.05, 0) is 30.5 Å². The fourth-order valence-electron chi connectivity index (χ4n) is 4.25. The lowest BCUT2D eigenvalue weighted by Crippen LogP contribution is -2.32. The van der Waals surface area contributed by atoms with Gasteiger partial charge in [0.1, 0.15) is 5.82 Å². The molecule has 0 unspecified atom stereocenters. The van der Waals surface area contributed by atoms with E-state index in [0.29, 0.717) is 63.5 Å². The second-order valence-electron chi connectivity index (χ2n) is 7.42. The molecule has 0 amide bonds. The molecule has 0 spiro atoms. The summed E-state index contributed by atoms with van der Waals surface area (Å²) in [4.78, 5) is 33.8. The molecule has 1 aliphatic carbocycles. The van der Waals surface area contributed by atoms with Crippen LogP contribution in [0.5, 0.6) is 17.2 Å². The zero-order chi connectivity index (χ0) is 22.8. The topological polar surface area (TPSA) is 103 Å². The Hall–Kier alpha value is -3.20. The summed E-state index contributed by atoms with van der Waals surface area (Å²) in [5.41, 5.74) is 2.21. The van der Waals surface area contributed by atoms with Gasteiger partial charge in [-0.25, -0.2) is 4.98 Å². The number of allylic oxidation sites excluding steroid dienone is 2. The smallest absolute Gasteiger partial charge is 0.257 e. The molecule has 2 aliphatic rings. The molecule has 2 N–H and O–H groups in total. The zero-order valence-corrected chi connectivity index (χ0v) is 19.1. The molecule has 168 valence electrons. The minimum absolute atomic E-state index is 0.0210. The van der Waals surface area contributed by atoms with Gasteiger partial charge in [0, 0.05) is 29.4 Å². The number of aromatic amines is 1. The van der Waals surface area contributed by atoms with Gasteiger partial charge in [0.05, 0.1) is 26.9 Å². The summed E-state index contributed by atoms with van der Waals surface area (Å²) in [5.74, 6) is 1.85. The highest BCUT2D eigenvalue weighted by atomic mass is 32.2. The van der Waals surface area contributed by atoms with Crippen molar-refractivity contribution in [2.75, 3.05) is 32.4 Å². The van der Waals surface area contributed by atoms with Crippen LogP contribution in [0.3, 0.4) is 0 Å². The van der Waals surface area contributed by atoms with Gasteiger partial charge in [0.15, 0.2) is 22.4 Å². The molecule has 9 heteroatoms. The normalized spacial score (nSPS) is 17.2. The third-order valence-corrected chi connectivity index (χ3v) is 6.46. The van der Waals surface area contributed by atoms with Crippen molar-refractivity contribution < 1.29 is 19.0 Å². The molecule has 0 fully saturated rings. The number of ketones is 1. The average Bonchev–Trinajstić information content (AvgIpc) is 2.80. The molecule has 32 heavy (non-hydrogen) atoms. The van der Waals surface area contributed by atoms with Crippen LogP contribution in [0.25, 0.3) is 0 Å². The minimum atomic E-state index is -0.600. The van der Waals surface area contributed by atoms with E-state index in [1.165, 1.54) is 33.1 Å². The second-order valence-corrected chi connectivity index (χ2v) is 8.43. The van der Waals surface area contributed by atoms with Gasteiger partial charge in [-0.15, -0.1) is 6.58 Å². The Balaban J connectivity index is 1.96. The summed E-state index contributed by atoms with van der Waals surface area (Å²) in [7, 11) is 4.60. The van der Waals surface area contributed by atoms with Crippen LogP contribution in [0.4, 0.5) is 5.82 Å². The quantitative estimate of drug-likeness (QED) is 0.371. The maximum Gasteiger partial charge on any atom is 0.257 e. The number of hydrogen-bond donors (Lipinski definition) is 2. The number of carbonyl (C=O) groups is 1. The van der Waals surface area contributed by atoms with Crippen molar-refractivity contribution in [1.29, 1.82) is 0 Å². The van der Waals surface area contributed by atoms with E-state index in [2.05, 4.69) is 21.9 Å². The average molecular weight is 456 g/mol. The standard InChI is InChI=1S/C23H25N3O5S/c1-5-9-32-23-25-21-19(22(28)26-23)17(18-13(24-21)7-6-8-14(18)27)12-10-15(29-2)20(31-4)16(11-12)30-3/h5,10-11,17H,1,6-9H2,2-4H3,(H2,24,25,26,28)/t17-/m0/s1. The van der Waals surface area contributed by atoms with Crippen molar-refractivity contribution in [1.82, 2.24) is 9.97 Å².